The fourth-order valence-electron chi connectivity index (χ4n) is 1.51. The van der Waals surface area contributed by atoms with Crippen molar-refractivity contribution in [1.29, 1.82) is 0 Å². The number of nitrogens with one attached hydrogen (secondary N) is 1. The highest BCUT2D eigenvalue weighted by Gasteiger charge is 1.95. The van der Waals surface area contributed by atoms with E-state index in [0.29, 0.717) is 5.96 Å². The summed E-state index contributed by atoms with van der Waals surface area (Å²) in [6.07, 6.45) is 3.68. The first-order valence-corrected chi connectivity index (χ1v) is 6.27. The molecule has 0 saturated carbocycles. The number of aliphatic imine (C=N–C) groups is 1. The predicted molar refractivity (Wildman–Crippen MR) is 91.0 cm³/mol. The van der Waals surface area contributed by atoms with Gasteiger partial charge in [-0.1, -0.05) is 6.07 Å². The molecule has 0 atom stereocenters. The van der Waals surface area contributed by atoms with Crippen LogP contribution in [0.25, 0.3) is 0 Å². The third-order valence-corrected chi connectivity index (χ3v) is 2.46. The van der Waals surface area contributed by atoms with Crippen LogP contribution in [0.15, 0.2) is 29.4 Å². The molecule has 0 radical (unpaired) electrons. The first kappa shape index (κ1) is 18.1. The van der Waals surface area contributed by atoms with Crippen LogP contribution in [0.3, 0.4) is 0 Å². The zero-order valence-electron chi connectivity index (χ0n) is 11.7. The molecule has 0 aromatic carbocycles. The van der Waals surface area contributed by atoms with Gasteiger partial charge in [0.05, 0.1) is 0 Å². The van der Waals surface area contributed by atoms with Crippen molar-refractivity contribution in [3.8, 4) is 0 Å². The number of halogens is 1. The van der Waals surface area contributed by atoms with Gasteiger partial charge in [-0.3, -0.25) is 9.98 Å². The summed E-state index contributed by atoms with van der Waals surface area (Å²) >= 11 is 0. The van der Waals surface area contributed by atoms with Crippen molar-refractivity contribution in [2.75, 3.05) is 33.7 Å². The molecule has 0 saturated heterocycles. The Balaban J connectivity index is 0.00000324. The van der Waals surface area contributed by atoms with Crippen molar-refractivity contribution in [3.05, 3.63) is 30.1 Å². The van der Waals surface area contributed by atoms with Crippen molar-refractivity contribution >= 4 is 29.9 Å². The lowest BCUT2D eigenvalue weighted by molar-refractivity contribution is 0.403. The van der Waals surface area contributed by atoms with Crippen LogP contribution in [0.2, 0.25) is 0 Å². The van der Waals surface area contributed by atoms with E-state index in [1.165, 1.54) is 0 Å². The SMILES string of the molecule is CN(C)CCCN=C(N)NCCc1ccccn1.I. The molecule has 0 amide bonds. The molecule has 0 fully saturated rings. The molecule has 1 heterocycles. The Morgan fingerprint density at radius 3 is 2.84 bits per heavy atom. The van der Waals surface area contributed by atoms with Gasteiger partial charge in [-0.2, -0.15) is 0 Å². The van der Waals surface area contributed by atoms with Crippen LogP contribution in [-0.2, 0) is 6.42 Å². The number of hydrogen-bond donors (Lipinski definition) is 2. The highest BCUT2D eigenvalue weighted by Crippen LogP contribution is 1.92. The number of pyridine rings is 1. The highest BCUT2D eigenvalue weighted by molar-refractivity contribution is 14.0. The van der Waals surface area contributed by atoms with E-state index in [9.17, 15) is 0 Å². The molecule has 5 nitrogen and oxygen atoms in total. The minimum Gasteiger partial charge on any atom is -0.370 e. The topological polar surface area (TPSA) is 66.5 Å². The summed E-state index contributed by atoms with van der Waals surface area (Å²) in [6.45, 7) is 2.56. The Kier molecular flexibility index (Phi) is 10.5. The molecule has 1 rings (SSSR count). The smallest absolute Gasteiger partial charge is 0.188 e. The number of nitrogens with two attached hydrogens (primary N) is 1. The zero-order chi connectivity index (χ0) is 13.2. The van der Waals surface area contributed by atoms with Crippen LogP contribution in [0.4, 0.5) is 0 Å². The Morgan fingerprint density at radius 1 is 1.42 bits per heavy atom. The van der Waals surface area contributed by atoms with Gasteiger partial charge in [0, 0.05) is 31.4 Å². The summed E-state index contributed by atoms with van der Waals surface area (Å²) < 4.78 is 0. The van der Waals surface area contributed by atoms with Crippen LogP contribution in [0.1, 0.15) is 12.1 Å². The quantitative estimate of drug-likeness (QED) is 0.323. The maximum atomic E-state index is 5.76. The van der Waals surface area contributed by atoms with Crippen LogP contribution >= 0.6 is 24.0 Å². The van der Waals surface area contributed by atoms with Gasteiger partial charge in [0.15, 0.2) is 5.96 Å². The van der Waals surface area contributed by atoms with E-state index in [4.69, 9.17) is 5.73 Å². The number of aromatic nitrogens is 1. The van der Waals surface area contributed by atoms with Gasteiger partial charge >= 0.3 is 0 Å². The second kappa shape index (κ2) is 11.0. The average molecular weight is 377 g/mol. The Hall–Kier alpha value is -0.890. The number of rotatable bonds is 7. The van der Waals surface area contributed by atoms with Crippen molar-refractivity contribution in [2.45, 2.75) is 12.8 Å². The number of guanidine groups is 1. The van der Waals surface area contributed by atoms with Crippen molar-refractivity contribution in [2.24, 2.45) is 10.7 Å². The van der Waals surface area contributed by atoms with Gasteiger partial charge in [0.1, 0.15) is 0 Å². The Morgan fingerprint density at radius 2 is 2.21 bits per heavy atom. The molecule has 0 aliphatic rings. The fraction of sp³-hybridized carbons (Fsp3) is 0.538. The third kappa shape index (κ3) is 9.66. The zero-order valence-corrected chi connectivity index (χ0v) is 14.0. The van der Waals surface area contributed by atoms with E-state index in [0.717, 1.165) is 38.2 Å². The highest BCUT2D eigenvalue weighted by atomic mass is 127. The van der Waals surface area contributed by atoms with Crippen LogP contribution in [0, 0.1) is 0 Å². The van der Waals surface area contributed by atoms with Gasteiger partial charge in [-0.25, -0.2) is 0 Å². The molecule has 6 heteroatoms. The van der Waals surface area contributed by atoms with Gasteiger partial charge < -0.3 is 16.0 Å². The van der Waals surface area contributed by atoms with Crippen LogP contribution < -0.4 is 11.1 Å². The third-order valence-electron chi connectivity index (χ3n) is 2.46. The molecule has 0 aliphatic heterocycles. The Bertz CT molecular complexity index is 353. The van der Waals surface area contributed by atoms with E-state index >= 15 is 0 Å². The van der Waals surface area contributed by atoms with Crippen molar-refractivity contribution in [1.82, 2.24) is 15.2 Å². The summed E-state index contributed by atoms with van der Waals surface area (Å²) in [5.41, 5.74) is 6.82. The monoisotopic (exact) mass is 377 g/mol. The molecule has 0 bridgehead atoms. The number of hydrogen-bond acceptors (Lipinski definition) is 3. The molecule has 1 aromatic rings. The van der Waals surface area contributed by atoms with Gasteiger partial charge in [0.2, 0.25) is 0 Å². The minimum absolute atomic E-state index is 0. The first-order valence-electron chi connectivity index (χ1n) is 6.27. The largest absolute Gasteiger partial charge is 0.370 e. The lowest BCUT2D eigenvalue weighted by Crippen LogP contribution is -2.33. The van der Waals surface area contributed by atoms with Crippen molar-refractivity contribution in [3.63, 3.8) is 0 Å². The summed E-state index contributed by atoms with van der Waals surface area (Å²) in [4.78, 5) is 10.6. The summed E-state index contributed by atoms with van der Waals surface area (Å²) in [5, 5.41) is 3.09. The van der Waals surface area contributed by atoms with E-state index in [1.54, 1.807) is 6.20 Å². The van der Waals surface area contributed by atoms with E-state index < -0.39 is 0 Å². The molecular formula is C13H24IN5. The lowest BCUT2D eigenvalue weighted by Gasteiger charge is -2.08. The maximum Gasteiger partial charge on any atom is 0.188 e. The number of nitrogens with zero attached hydrogens (tertiary/aromatic N) is 3. The van der Waals surface area contributed by atoms with Crippen molar-refractivity contribution < 1.29 is 0 Å². The minimum atomic E-state index is 0. The van der Waals surface area contributed by atoms with Crippen LogP contribution in [0.5, 0.6) is 0 Å². The molecule has 1 aromatic heterocycles. The summed E-state index contributed by atoms with van der Waals surface area (Å²) in [7, 11) is 4.11. The second-order valence-corrected chi connectivity index (χ2v) is 4.42. The van der Waals surface area contributed by atoms with Gasteiger partial charge in [0.25, 0.3) is 0 Å². The second-order valence-electron chi connectivity index (χ2n) is 4.42. The average Bonchev–Trinajstić information content (AvgIpc) is 2.36. The standard InChI is InChI=1S/C13H23N5.HI/c1-18(2)11-5-9-16-13(14)17-10-7-12-6-3-4-8-15-12;/h3-4,6,8H,5,7,9-11H2,1-2H3,(H3,14,16,17);1H. The Labute approximate surface area is 132 Å². The predicted octanol–water partition coefficient (Wildman–Crippen LogP) is 1.10. The lowest BCUT2D eigenvalue weighted by atomic mass is 10.3. The van der Waals surface area contributed by atoms with E-state index in [2.05, 4.69) is 34.3 Å². The van der Waals surface area contributed by atoms with Gasteiger partial charge in [-0.15, -0.1) is 24.0 Å². The van der Waals surface area contributed by atoms with E-state index in [1.807, 2.05) is 18.2 Å². The molecule has 108 valence electrons. The normalized spacial score (nSPS) is 11.2. The molecule has 0 aliphatic carbocycles. The summed E-state index contributed by atoms with van der Waals surface area (Å²) in [5.74, 6) is 0.518. The fourth-order valence-corrected chi connectivity index (χ4v) is 1.51. The maximum absolute atomic E-state index is 5.76. The molecule has 0 spiro atoms. The summed E-state index contributed by atoms with van der Waals surface area (Å²) in [6, 6.07) is 5.91. The molecule has 19 heavy (non-hydrogen) atoms. The molecule has 3 N–H and O–H groups in total. The molecular weight excluding hydrogens is 353 g/mol. The van der Waals surface area contributed by atoms with Crippen LogP contribution in [-0.4, -0.2) is 49.6 Å². The van der Waals surface area contributed by atoms with E-state index in [-0.39, 0.29) is 24.0 Å². The first-order chi connectivity index (χ1) is 8.68. The van der Waals surface area contributed by atoms with Gasteiger partial charge in [-0.05, 0) is 39.2 Å². The molecule has 0 unspecified atom stereocenters.